The predicted molar refractivity (Wildman–Crippen MR) is 80.8 cm³/mol. The molecule has 0 saturated heterocycles. The van der Waals surface area contributed by atoms with Crippen molar-refractivity contribution in [3.05, 3.63) is 0 Å². The summed E-state index contributed by atoms with van der Waals surface area (Å²) in [5.41, 5.74) is 5.88. The molecular weight excluding hydrogens is 250 g/mol. The number of carbonyl (C=O) groups is 1. The van der Waals surface area contributed by atoms with Crippen LogP contribution in [0.2, 0.25) is 0 Å². The first-order chi connectivity index (χ1) is 9.40. The SMILES string of the molecule is CC(C)(C)C(CCN)CCC(=O)N(CCC#N)C1CC1. The standard InChI is InChI=1S/C16H29N3O/c1-16(2,3)13(9-11-18)5-8-15(20)19(12-4-10-17)14-6-7-14/h13-14H,4-9,11-12,18H2,1-3H3. The van der Waals surface area contributed by atoms with E-state index in [0.717, 1.165) is 25.7 Å². The lowest BCUT2D eigenvalue weighted by Crippen LogP contribution is -2.35. The van der Waals surface area contributed by atoms with Crippen LogP contribution in [0, 0.1) is 22.7 Å². The molecular formula is C16H29N3O. The van der Waals surface area contributed by atoms with Crippen LogP contribution in [0.4, 0.5) is 0 Å². The van der Waals surface area contributed by atoms with Crippen molar-refractivity contribution in [2.75, 3.05) is 13.1 Å². The van der Waals surface area contributed by atoms with E-state index in [2.05, 4.69) is 26.8 Å². The van der Waals surface area contributed by atoms with Crippen LogP contribution < -0.4 is 5.73 Å². The van der Waals surface area contributed by atoms with Gasteiger partial charge in [0.2, 0.25) is 5.91 Å². The monoisotopic (exact) mass is 279 g/mol. The van der Waals surface area contributed by atoms with Crippen molar-refractivity contribution < 1.29 is 4.79 Å². The zero-order valence-corrected chi connectivity index (χ0v) is 13.2. The molecule has 4 heteroatoms. The van der Waals surface area contributed by atoms with Crippen LogP contribution in [0.1, 0.15) is 59.3 Å². The molecule has 114 valence electrons. The van der Waals surface area contributed by atoms with Gasteiger partial charge in [-0.15, -0.1) is 0 Å². The lowest BCUT2D eigenvalue weighted by molar-refractivity contribution is -0.132. The van der Waals surface area contributed by atoms with Gasteiger partial charge in [0.25, 0.3) is 0 Å². The van der Waals surface area contributed by atoms with Gasteiger partial charge in [-0.3, -0.25) is 4.79 Å². The maximum atomic E-state index is 12.4. The average Bonchev–Trinajstić information content (AvgIpc) is 3.18. The van der Waals surface area contributed by atoms with E-state index in [4.69, 9.17) is 11.0 Å². The number of hydrogen-bond donors (Lipinski definition) is 1. The van der Waals surface area contributed by atoms with Gasteiger partial charge in [-0.25, -0.2) is 0 Å². The fourth-order valence-electron chi connectivity index (χ4n) is 2.72. The summed E-state index contributed by atoms with van der Waals surface area (Å²) >= 11 is 0. The molecule has 1 aliphatic rings. The highest BCUT2D eigenvalue weighted by molar-refractivity contribution is 5.76. The number of amides is 1. The number of rotatable bonds is 8. The Balaban J connectivity index is 2.48. The van der Waals surface area contributed by atoms with Crippen LogP contribution in [-0.4, -0.2) is 29.9 Å². The summed E-state index contributed by atoms with van der Waals surface area (Å²) in [6.45, 7) is 7.92. The Labute approximate surface area is 123 Å². The van der Waals surface area contributed by atoms with Crippen LogP contribution in [0.25, 0.3) is 0 Å². The van der Waals surface area contributed by atoms with E-state index in [1.165, 1.54) is 0 Å². The number of nitriles is 1. The van der Waals surface area contributed by atoms with E-state index in [9.17, 15) is 4.79 Å². The van der Waals surface area contributed by atoms with Crippen molar-refractivity contribution in [2.45, 2.75) is 65.3 Å². The molecule has 1 unspecified atom stereocenters. The minimum absolute atomic E-state index is 0.191. The van der Waals surface area contributed by atoms with Gasteiger partial charge in [0.15, 0.2) is 0 Å². The Hall–Kier alpha value is -1.08. The lowest BCUT2D eigenvalue weighted by atomic mass is 9.76. The van der Waals surface area contributed by atoms with Crippen LogP contribution in [0.15, 0.2) is 0 Å². The van der Waals surface area contributed by atoms with E-state index in [-0.39, 0.29) is 11.3 Å². The van der Waals surface area contributed by atoms with Gasteiger partial charge in [-0.2, -0.15) is 5.26 Å². The molecule has 0 aromatic rings. The maximum absolute atomic E-state index is 12.4. The molecule has 1 fully saturated rings. The highest BCUT2D eigenvalue weighted by atomic mass is 16.2. The van der Waals surface area contributed by atoms with Crippen molar-refractivity contribution in [1.82, 2.24) is 4.90 Å². The molecule has 0 heterocycles. The minimum atomic E-state index is 0.191. The molecule has 0 aromatic carbocycles. The lowest BCUT2D eigenvalue weighted by Gasteiger charge is -2.31. The molecule has 1 rings (SSSR count). The van der Waals surface area contributed by atoms with Gasteiger partial charge in [-0.1, -0.05) is 20.8 Å². The molecule has 0 radical (unpaired) electrons. The Bertz CT molecular complexity index is 350. The molecule has 4 nitrogen and oxygen atoms in total. The number of hydrogen-bond acceptors (Lipinski definition) is 3. The third kappa shape index (κ3) is 5.50. The quantitative estimate of drug-likeness (QED) is 0.742. The normalized spacial score (nSPS) is 16.6. The zero-order chi connectivity index (χ0) is 15.2. The fraction of sp³-hybridized carbons (Fsp3) is 0.875. The van der Waals surface area contributed by atoms with Gasteiger partial charge in [0.05, 0.1) is 12.5 Å². The Morgan fingerprint density at radius 3 is 2.50 bits per heavy atom. The molecule has 0 aromatic heterocycles. The number of nitrogens with two attached hydrogens (primary N) is 1. The third-order valence-corrected chi connectivity index (χ3v) is 4.22. The molecule has 1 aliphatic carbocycles. The molecule has 0 bridgehead atoms. The topological polar surface area (TPSA) is 70.1 Å². The summed E-state index contributed by atoms with van der Waals surface area (Å²) in [4.78, 5) is 14.3. The fourth-order valence-corrected chi connectivity index (χ4v) is 2.72. The van der Waals surface area contributed by atoms with Gasteiger partial charge in [-0.05, 0) is 43.6 Å². The van der Waals surface area contributed by atoms with Crippen molar-refractivity contribution in [2.24, 2.45) is 17.1 Å². The molecule has 0 aliphatic heterocycles. The summed E-state index contributed by atoms with van der Waals surface area (Å²) in [6.07, 6.45) is 5.09. The molecule has 2 N–H and O–H groups in total. The largest absolute Gasteiger partial charge is 0.339 e. The summed E-state index contributed by atoms with van der Waals surface area (Å²) in [6, 6.07) is 2.54. The second-order valence-electron chi connectivity index (χ2n) is 6.91. The van der Waals surface area contributed by atoms with Crippen LogP contribution in [0.3, 0.4) is 0 Å². The van der Waals surface area contributed by atoms with E-state index in [1.54, 1.807) is 0 Å². The molecule has 20 heavy (non-hydrogen) atoms. The third-order valence-electron chi connectivity index (χ3n) is 4.22. The molecule has 1 amide bonds. The van der Waals surface area contributed by atoms with Gasteiger partial charge < -0.3 is 10.6 Å². The van der Waals surface area contributed by atoms with E-state index in [0.29, 0.717) is 37.9 Å². The Morgan fingerprint density at radius 2 is 2.05 bits per heavy atom. The smallest absolute Gasteiger partial charge is 0.222 e. The second kappa shape index (κ2) is 7.64. The first-order valence-electron chi connectivity index (χ1n) is 7.76. The highest BCUT2D eigenvalue weighted by Crippen LogP contribution is 2.33. The molecule has 1 saturated carbocycles. The van der Waals surface area contributed by atoms with E-state index < -0.39 is 0 Å². The van der Waals surface area contributed by atoms with Gasteiger partial charge in [0.1, 0.15) is 0 Å². The minimum Gasteiger partial charge on any atom is -0.339 e. The second-order valence-corrected chi connectivity index (χ2v) is 6.91. The summed E-state index contributed by atoms with van der Waals surface area (Å²) < 4.78 is 0. The number of nitrogens with zero attached hydrogens (tertiary/aromatic N) is 2. The summed E-state index contributed by atoms with van der Waals surface area (Å²) in [5, 5.41) is 8.69. The first kappa shape index (κ1) is 17.0. The Kier molecular flexibility index (Phi) is 6.48. The predicted octanol–water partition coefficient (Wildman–Crippen LogP) is 2.68. The van der Waals surface area contributed by atoms with Crippen LogP contribution in [0.5, 0.6) is 0 Å². The molecule has 0 spiro atoms. The van der Waals surface area contributed by atoms with Crippen molar-refractivity contribution in [1.29, 1.82) is 5.26 Å². The summed E-state index contributed by atoms with van der Waals surface area (Å²) in [7, 11) is 0. The van der Waals surface area contributed by atoms with Crippen LogP contribution >= 0.6 is 0 Å². The number of carbonyl (C=O) groups excluding carboxylic acids is 1. The average molecular weight is 279 g/mol. The van der Waals surface area contributed by atoms with E-state index in [1.807, 2.05) is 4.90 Å². The van der Waals surface area contributed by atoms with Gasteiger partial charge in [0, 0.05) is 19.0 Å². The highest BCUT2D eigenvalue weighted by Gasteiger charge is 2.32. The van der Waals surface area contributed by atoms with Crippen molar-refractivity contribution in [3.8, 4) is 6.07 Å². The summed E-state index contributed by atoms with van der Waals surface area (Å²) in [5.74, 6) is 0.697. The first-order valence-corrected chi connectivity index (χ1v) is 7.76. The van der Waals surface area contributed by atoms with Crippen molar-refractivity contribution in [3.63, 3.8) is 0 Å². The Morgan fingerprint density at radius 1 is 1.40 bits per heavy atom. The maximum Gasteiger partial charge on any atom is 0.222 e. The zero-order valence-electron chi connectivity index (χ0n) is 13.2. The van der Waals surface area contributed by atoms with Gasteiger partial charge >= 0.3 is 0 Å². The van der Waals surface area contributed by atoms with Crippen molar-refractivity contribution >= 4 is 5.91 Å². The van der Waals surface area contributed by atoms with E-state index >= 15 is 0 Å². The molecule has 1 atom stereocenters. The van der Waals surface area contributed by atoms with Crippen LogP contribution in [-0.2, 0) is 4.79 Å².